The van der Waals surface area contributed by atoms with E-state index in [2.05, 4.69) is 5.10 Å². The van der Waals surface area contributed by atoms with Crippen molar-refractivity contribution in [2.45, 2.75) is 12.7 Å². The molecule has 1 heterocycles. The minimum atomic E-state index is -4.75. The lowest BCUT2D eigenvalue weighted by Gasteiger charge is -2.11. The van der Waals surface area contributed by atoms with E-state index in [1.54, 1.807) is 6.20 Å². The van der Waals surface area contributed by atoms with Crippen LogP contribution in [0.25, 0.3) is 0 Å². The Labute approximate surface area is 111 Å². The van der Waals surface area contributed by atoms with Gasteiger partial charge in [-0.1, -0.05) is 0 Å². The average Bonchev–Trinajstić information content (AvgIpc) is 2.76. The van der Waals surface area contributed by atoms with E-state index in [0.717, 1.165) is 12.1 Å². The second kappa shape index (κ2) is 5.40. The first kappa shape index (κ1) is 14.2. The van der Waals surface area contributed by atoms with Crippen LogP contribution in [0.3, 0.4) is 0 Å². The van der Waals surface area contributed by atoms with Crippen molar-refractivity contribution in [1.29, 1.82) is 0 Å². The Morgan fingerprint density at radius 1 is 1.30 bits per heavy atom. The molecule has 0 unspecified atom stereocenters. The molecule has 2 N–H and O–H groups in total. The fourth-order valence-electron chi connectivity index (χ4n) is 1.57. The van der Waals surface area contributed by atoms with Gasteiger partial charge in [-0.15, -0.1) is 0 Å². The zero-order valence-corrected chi connectivity index (χ0v) is 10.2. The predicted molar refractivity (Wildman–Crippen MR) is 63.5 cm³/mol. The Kier molecular flexibility index (Phi) is 3.82. The quantitative estimate of drug-likeness (QED) is 0.880. The molecular formula is C12H11F4N3O. The topological polar surface area (TPSA) is 53.1 Å². The van der Waals surface area contributed by atoms with Crippen molar-refractivity contribution in [3.05, 3.63) is 42.0 Å². The summed E-state index contributed by atoms with van der Waals surface area (Å²) in [5.74, 6) is -1.39. The number of anilines is 1. The Balaban J connectivity index is 2.00. The number of rotatable bonds is 4. The standard InChI is InChI=1S/C12H11F4N3O/c13-11-2-1-9(5-10(11)12(14,15)16)20-4-3-19-7-8(17)6-18-19/h1-2,5-7H,3-4,17H2. The van der Waals surface area contributed by atoms with Crippen molar-refractivity contribution in [2.24, 2.45) is 0 Å². The van der Waals surface area contributed by atoms with Gasteiger partial charge < -0.3 is 10.5 Å². The van der Waals surface area contributed by atoms with E-state index in [-0.39, 0.29) is 12.4 Å². The van der Waals surface area contributed by atoms with Crippen LogP contribution in [0.5, 0.6) is 5.75 Å². The van der Waals surface area contributed by atoms with Crippen molar-refractivity contribution >= 4 is 5.69 Å². The molecule has 0 bridgehead atoms. The van der Waals surface area contributed by atoms with Crippen molar-refractivity contribution < 1.29 is 22.3 Å². The first-order valence-corrected chi connectivity index (χ1v) is 5.64. The van der Waals surface area contributed by atoms with Gasteiger partial charge in [-0.05, 0) is 18.2 Å². The van der Waals surface area contributed by atoms with Gasteiger partial charge in [0.15, 0.2) is 0 Å². The summed E-state index contributed by atoms with van der Waals surface area (Å²) in [7, 11) is 0. The number of alkyl halides is 3. The molecule has 4 nitrogen and oxygen atoms in total. The Bertz CT molecular complexity index is 595. The number of hydrogen-bond donors (Lipinski definition) is 1. The SMILES string of the molecule is Nc1cnn(CCOc2ccc(F)c(C(F)(F)F)c2)c1. The highest BCUT2D eigenvalue weighted by Gasteiger charge is 2.34. The van der Waals surface area contributed by atoms with Crippen molar-refractivity contribution in [3.63, 3.8) is 0 Å². The van der Waals surface area contributed by atoms with Gasteiger partial charge in [0.1, 0.15) is 18.2 Å². The van der Waals surface area contributed by atoms with Gasteiger partial charge in [0.05, 0.1) is 24.0 Å². The van der Waals surface area contributed by atoms with Gasteiger partial charge in [-0.25, -0.2) is 4.39 Å². The van der Waals surface area contributed by atoms with Crippen molar-refractivity contribution in [1.82, 2.24) is 9.78 Å². The number of ether oxygens (including phenoxy) is 1. The molecule has 2 rings (SSSR count). The molecular weight excluding hydrogens is 278 g/mol. The molecule has 0 saturated heterocycles. The van der Waals surface area contributed by atoms with E-state index in [1.807, 2.05) is 0 Å². The third-order valence-corrected chi connectivity index (χ3v) is 2.49. The monoisotopic (exact) mass is 289 g/mol. The van der Waals surface area contributed by atoms with Crippen LogP contribution >= 0.6 is 0 Å². The highest BCUT2D eigenvalue weighted by Crippen LogP contribution is 2.33. The predicted octanol–water partition coefficient (Wildman–Crippen LogP) is 2.70. The summed E-state index contributed by atoms with van der Waals surface area (Å²) in [4.78, 5) is 0. The number of nitrogens with zero attached hydrogens (tertiary/aromatic N) is 2. The first-order chi connectivity index (χ1) is 9.36. The van der Waals surface area contributed by atoms with Crippen LogP contribution in [0, 0.1) is 5.82 Å². The van der Waals surface area contributed by atoms with Crippen LogP contribution in [0.15, 0.2) is 30.6 Å². The minimum Gasteiger partial charge on any atom is -0.492 e. The molecule has 0 aliphatic heterocycles. The van der Waals surface area contributed by atoms with Crippen LogP contribution < -0.4 is 10.5 Å². The normalized spacial score (nSPS) is 11.6. The summed E-state index contributed by atoms with van der Waals surface area (Å²) in [5, 5.41) is 3.89. The number of nitrogen functional groups attached to an aromatic ring is 1. The summed E-state index contributed by atoms with van der Waals surface area (Å²) in [6.07, 6.45) is -1.74. The molecule has 0 fully saturated rings. The third-order valence-electron chi connectivity index (χ3n) is 2.49. The number of benzene rings is 1. The van der Waals surface area contributed by atoms with Crippen LogP contribution in [0.4, 0.5) is 23.2 Å². The lowest BCUT2D eigenvalue weighted by atomic mass is 10.2. The summed E-state index contributed by atoms with van der Waals surface area (Å²) < 4.78 is 57.2. The maximum absolute atomic E-state index is 13.1. The second-order valence-electron chi connectivity index (χ2n) is 4.02. The van der Waals surface area contributed by atoms with Crippen LogP contribution in [-0.2, 0) is 12.7 Å². The second-order valence-corrected chi connectivity index (χ2v) is 4.02. The Morgan fingerprint density at radius 3 is 2.65 bits per heavy atom. The molecule has 0 spiro atoms. The zero-order chi connectivity index (χ0) is 14.8. The van der Waals surface area contributed by atoms with E-state index in [4.69, 9.17) is 10.5 Å². The Hall–Kier alpha value is -2.25. The fourth-order valence-corrected chi connectivity index (χ4v) is 1.57. The fraction of sp³-hybridized carbons (Fsp3) is 0.250. The number of nitrogens with two attached hydrogens (primary N) is 1. The van der Waals surface area contributed by atoms with Crippen LogP contribution in [0.2, 0.25) is 0 Å². The van der Waals surface area contributed by atoms with Gasteiger partial charge in [0.2, 0.25) is 0 Å². The van der Waals surface area contributed by atoms with Gasteiger partial charge in [-0.3, -0.25) is 4.68 Å². The molecule has 0 saturated carbocycles. The molecule has 0 radical (unpaired) electrons. The van der Waals surface area contributed by atoms with Gasteiger partial charge in [0, 0.05) is 6.20 Å². The van der Waals surface area contributed by atoms with Crippen molar-refractivity contribution in [3.8, 4) is 5.75 Å². The van der Waals surface area contributed by atoms with E-state index in [1.165, 1.54) is 10.9 Å². The molecule has 20 heavy (non-hydrogen) atoms. The van der Waals surface area contributed by atoms with E-state index in [9.17, 15) is 17.6 Å². The first-order valence-electron chi connectivity index (χ1n) is 5.64. The number of aromatic nitrogens is 2. The summed E-state index contributed by atoms with van der Waals surface area (Å²) in [6.45, 7) is 0.403. The molecule has 8 heteroatoms. The summed E-state index contributed by atoms with van der Waals surface area (Å²) >= 11 is 0. The van der Waals surface area contributed by atoms with Crippen LogP contribution in [0.1, 0.15) is 5.56 Å². The molecule has 1 aromatic carbocycles. The molecule has 1 aromatic heterocycles. The van der Waals surface area contributed by atoms with Gasteiger partial charge in [0.25, 0.3) is 0 Å². The van der Waals surface area contributed by atoms with Crippen LogP contribution in [-0.4, -0.2) is 16.4 Å². The molecule has 0 amide bonds. The zero-order valence-electron chi connectivity index (χ0n) is 10.2. The van der Waals surface area contributed by atoms with E-state index in [0.29, 0.717) is 18.3 Å². The lowest BCUT2D eigenvalue weighted by molar-refractivity contribution is -0.140. The van der Waals surface area contributed by atoms with E-state index < -0.39 is 17.6 Å². The van der Waals surface area contributed by atoms with Gasteiger partial charge in [-0.2, -0.15) is 18.3 Å². The average molecular weight is 289 g/mol. The molecule has 0 aliphatic carbocycles. The molecule has 0 aliphatic rings. The number of halogens is 4. The maximum atomic E-state index is 13.1. The molecule has 2 aromatic rings. The lowest BCUT2D eigenvalue weighted by Crippen LogP contribution is -2.11. The van der Waals surface area contributed by atoms with Crippen molar-refractivity contribution in [2.75, 3.05) is 12.3 Å². The molecule has 108 valence electrons. The smallest absolute Gasteiger partial charge is 0.419 e. The summed E-state index contributed by atoms with van der Waals surface area (Å²) in [6, 6.07) is 2.50. The highest BCUT2D eigenvalue weighted by atomic mass is 19.4. The minimum absolute atomic E-state index is 0.0566. The van der Waals surface area contributed by atoms with Gasteiger partial charge >= 0.3 is 6.18 Å². The number of hydrogen-bond acceptors (Lipinski definition) is 3. The third kappa shape index (κ3) is 3.40. The Morgan fingerprint density at radius 2 is 2.05 bits per heavy atom. The molecule has 0 atom stereocenters. The summed E-state index contributed by atoms with van der Waals surface area (Å²) in [5.41, 5.74) is 4.58. The maximum Gasteiger partial charge on any atom is 0.419 e. The largest absolute Gasteiger partial charge is 0.492 e. The van der Waals surface area contributed by atoms with E-state index >= 15 is 0 Å². The highest BCUT2D eigenvalue weighted by molar-refractivity contribution is 5.32.